The standard InChI is InChI=1S/C25H28N2O4/c1-29-21-11-9-20(10-12-21)22-6-4-3-5-16-27(22)25(28)14-8-19-7-13-23(31-17-15-26)24(18-19)30-2/h7-14,18,22H,3-6,16-17H2,1-2H3. The van der Waals surface area contributed by atoms with Crippen LogP contribution in [0.1, 0.15) is 42.9 Å². The van der Waals surface area contributed by atoms with Gasteiger partial charge in [-0.05, 0) is 54.3 Å². The van der Waals surface area contributed by atoms with Crippen LogP contribution in [0.25, 0.3) is 6.08 Å². The summed E-state index contributed by atoms with van der Waals surface area (Å²) in [6.07, 6.45) is 7.59. The number of amides is 1. The van der Waals surface area contributed by atoms with Crippen LogP contribution in [0.15, 0.2) is 48.5 Å². The minimum absolute atomic E-state index is 0.00788. The molecule has 1 fully saturated rings. The predicted octanol–water partition coefficient (Wildman–Crippen LogP) is 4.76. The summed E-state index contributed by atoms with van der Waals surface area (Å²) in [5.41, 5.74) is 1.95. The molecule has 0 radical (unpaired) electrons. The quantitative estimate of drug-likeness (QED) is 0.604. The lowest BCUT2D eigenvalue weighted by Crippen LogP contribution is -2.33. The van der Waals surface area contributed by atoms with Crippen molar-refractivity contribution in [3.8, 4) is 23.3 Å². The SMILES string of the molecule is COc1ccc(C2CCCCCN2C(=O)C=Cc2ccc(OCC#N)c(OC)c2)cc1. The van der Waals surface area contributed by atoms with Crippen molar-refractivity contribution in [1.29, 1.82) is 5.26 Å². The average molecular weight is 421 g/mol. The van der Waals surface area contributed by atoms with E-state index in [1.807, 2.05) is 41.3 Å². The highest BCUT2D eigenvalue weighted by Crippen LogP contribution is 2.32. The molecule has 1 atom stereocenters. The highest BCUT2D eigenvalue weighted by Gasteiger charge is 2.25. The number of carbonyl (C=O) groups is 1. The van der Waals surface area contributed by atoms with E-state index in [9.17, 15) is 4.79 Å². The molecule has 1 aliphatic heterocycles. The molecule has 162 valence electrons. The summed E-state index contributed by atoms with van der Waals surface area (Å²) in [5, 5.41) is 8.69. The number of likely N-dealkylation sites (tertiary alicyclic amines) is 1. The molecule has 2 aromatic carbocycles. The van der Waals surface area contributed by atoms with Gasteiger partial charge in [-0.1, -0.05) is 31.0 Å². The summed E-state index contributed by atoms with van der Waals surface area (Å²) in [4.78, 5) is 15.1. The summed E-state index contributed by atoms with van der Waals surface area (Å²) in [6, 6.07) is 15.3. The zero-order chi connectivity index (χ0) is 22.1. The van der Waals surface area contributed by atoms with Gasteiger partial charge in [-0.25, -0.2) is 0 Å². The van der Waals surface area contributed by atoms with Gasteiger partial charge in [-0.3, -0.25) is 4.79 Å². The van der Waals surface area contributed by atoms with E-state index in [2.05, 4.69) is 0 Å². The molecule has 0 saturated carbocycles. The first-order valence-electron chi connectivity index (χ1n) is 10.5. The molecule has 1 unspecified atom stereocenters. The molecule has 31 heavy (non-hydrogen) atoms. The Labute approximate surface area is 183 Å². The molecule has 6 nitrogen and oxygen atoms in total. The first kappa shape index (κ1) is 22.2. The van der Waals surface area contributed by atoms with Crippen molar-refractivity contribution >= 4 is 12.0 Å². The number of hydrogen-bond donors (Lipinski definition) is 0. The van der Waals surface area contributed by atoms with E-state index < -0.39 is 0 Å². The molecule has 0 aromatic heterocycles. The lowest BCUT2D eigenvalue weighted by molar-refractivity contribution is -0.128. The minimum Gasteiger partial charge on any atom is -0.497 e. The summed E-state index contributed by atoms with van der Waals surface area (Å²) in [7, 11) is 3.20. The van der Waals surface area contributed by atoms with E-state index in [0.717, 1.165) is 49.1 Å². The Morgan fingerprint density at radius 2 is 1.90 bits per heavy atom. The van der Waals surface area contributed by atoms with E-state index >= 15 is 0 Å². The molecule has 2 aromatic rings. The van der Waals surface area contributed by atoms with Crippen LogP contribution in [0.4, 0.5) is 0 Å². The summed E-state index contributed by atoms with van der Waals surface area (Å²) >= 11 is 0. The largest absolute Gasteiger partial charge is 0.497 e. The van der Waals surface area contributed by atoms with Crippen molar-refractivity contribution in [2.45, 2.75) is 31.7 Å². The van der Waals surface area contributed by atoms with Gasteiger partial charge in [0.15, 0.2) is 18.1 Å². The van der Waals surface area contributed by atoms with Gasteiger partial charge in [0.05, 0.1) is 20.3 Å². The Morgan fingerprint density at radius 1 is 1.10 bits per heavy atom. The van der Waals surface area contributed by atoms with E-state index in [-0.39, 0.29) is 18.6 Å². The highest BCUT2D eigenvalue weighted by atomic mass is 16.5. The number of hydrogen-bond acceptors (Lipinski definition) is 5. The van der Waals surface area contributed by atoms with Crippen LogP contribution in [-0.4, -0.2) is 38.2 Å². The fraction of sp³-hybridized carbons (Fsp3) is 0.360. The minimum atomic E-state index is -0.0499. The number of ether oxygens (including phenoxy) is 3. The number of nitrogens with zero attached hydrogens (tertiary/aromatic N) is 2. The maximum absolute atomic E-state index is 13.1. The normalized spacial score (nSPS) is 16.4. The molecule has 0 spiro atoms. The van der Waals surface area contributed by atoms with E-state index in [0.29, 0.717) is 11.5 Å². The second-order valence-corrected chi connectivity index (χ2v) is 7.36. The molecule has 1 amide bonds. The van der Waals surface area contributed by atoms with Crippen molar-refractivity contribution in [1.82, 2.24) is 4.90 Å². The van der Waals surface area contributed by atoms with Gasteiger partial charge in [0, 0.05) is 12.6 Å². The Hall–Kier alpha value is -3.46. The Morgan fingerprint density at radius 3 is 2.61 bits per heavy atom. The molecular formula is C25H28N2O4. The fourth-order valence-electron chi connectivity index (χ4n) is 3.83. The Kier molecular flexibility index (Phi) is 7.94. The number of methoxy groups -OCH3 is 2. The van der Waals surface area contributed by atoms with E-state index in [4.69, 9.17) is 19.5 Å². The van der Waals surface area contributed by atoms with Crippen LogP contribution >= 0.6 is 0 Å². The maximum Gasteiger partial charge on any atom is 0.247 e. The van der Waals surface area contributed by atoms with Gasteiger partial charge in [0.2, 0.25) is 5.91 Å². The fourth-order valence-corrected chi connectivity index (χ4v) is 3.83. The van der Waals surface area contributed by atoms with Crippen molar-refractivity contribution in [3.05, 3.63) is 59.7 Å². The smallest absolute Gasteiger partial charge is 0.247 e. The number of carbonyl (C=O) groups excluding carboxylic acids is 1. The maximum atomic E-state index is 13.1. The second kappa shape index (κ2) is 11.1. The summed E-state index contributed by atoms with van der Waals surface area (Å²) < 4.78 is 16.0. The van der Waals surface area contributed by atoms with Crippen LogP contribution in [-0.2, 0) is 4.79 Å². The number of rotatable bonds is 7. The van der Waals surface area contributed by atoms with Crippen LogP contribution in [0.2, 0.25) is 0 Å². The predicted molar refractivity (Wildman–Crippen MR) is 119 cm³/mol. The van der Waals surface area contributed by atoms with Crippen LogP contribution in [0, 0.1) is 11.3 Å². The highest BCUT2D eigenvalue weighted by molar-refractivity contribution is 5.92. The van der Waals surface area contributed by atoms with Crippen LogP contribution in [0.3, 0.4) is 0 Å². The lowest BCUT2D eigenvalue weighted by atomic mass is 10.0. The molecule has 0 bridgehead atoms. The zero-order valence-corrected chi connectivity index (χ0v) is 18.0. The monoisotopic (exact) mass is 420 g/mol. The molecular weight excluding hydrogens is 392 g/mol. The number of nitriles is 1. The first-order chi connectivity index (χ1) is 15.2. The van der Waals surface area contributed by atoms with Crippen LogP contribution in [0.5, 0.6) is 17.2 Å². The zero-order valence-electron chi connectivity index (χ0n) is 18.0. The molecule has 0 N–H and O–H groups in total. The third kappa shape index (κ3) is 5.79. The molecule has 1 aliphatic rings. The summed E-state index contributed by atoms with van der Waals surface area (Å²) in [5.74, 6) is 1.83. The van der Waals surface area contributed by atoms with Gasteiger partial charge in [0.1, 0.15) is 11.8 Å². The second-order valence-electron chi connectivity index (χ2n) is 7.36. The van der Waals surface area contributed by atoms with Crippen molar-refractivity contribution in [2.24, 2.45) is 0 Å². The van der Waals surface area contributed by atoms with Crippen molar-refractivity contribution < 1.29 is 19.0 Å². The molecule has 1 heterocycles. The van der Waals surface area contributed by atoms with Gasteiger partial charge >= 0.3 is 0 Å². The average Bonchev–Trinajstić information content (AvgIpc) is 3.07. The third-order valence-corrected chi connectivity index (χ3v) is 5.43. The number of benzene rings is 2. The van der Waals surface area contributed by atoms with Gasteiger partial charge in [-0.15, -0.1) is 0 Å². The molecule has 3 rings (SSSR count). The van der Waals surface area contributed by atoms with Crippen molar-refractivity contribution in [3.63, 3.8) is 0 Å². The third-order valence-electron chi connectivity index (χ3n) is 5.43. The van der Waals surface area contributed by atoms with Crippen LogP contribution < -0.4 is 14.2 Å². The summed E-state index contributed by atoms with van der Waals surface area (Å²) in [6.45, 7) is 0.690. The van der Waals surface area contributed by atoms with Gasteiger partial charge in [-0.2, -0.15) is 5.26 Å². The van der Waals surface area contributed by atoms with E-state index in [1.165, 1.54) is 0 Å². The Balaban J connectivity index is 1.77. The Bertz CT molecular complexity index is 947. The van der Waals surface area contributed by atoms with E-state index in [1.54, 1.807) is 38.5 Å². The molecule has 0 aliphatic carbocycles. The first-order valence-corrected chi connectivity index (χ1v) is 10.5. The van der Waals surface area contributed by atoms with Gasteiger partial charge in [0.25, 0.3) is 0 Å². The molecule has 1 saturated heterocycles. The van der Waals surface area contributed by atoms with Crippen molar-refractivity contribution in [2.75, 3.05) is 27.4 Å². The topological polar surface area (TPSA) is 71.8 Å². The van der Waals surface area contributed by atoms with Gasteiger partial charge < -0.3 is 19.1 Å². The lowest BCUT2D eigenvalue weighted by Gasteiger charge is -2.29. The molecule has 6 heteroatoms.